The summed E-state index contributed by atoms with van der Waals surface area (Å²) in [4.78, 5) is 15.0. The van der Waals surface area contributed by atoms with Gasteiger partial charge >= 0.3 is 0 Å². The lowest BCUT2D eigenvalue weighted by Crippen LogP contribution is -2.35. The van der Waals surface area contributed by atoms with Crippen LogP contribution in [-0.2, 0) is 7.05 Å². The Balaban J connectivity index is 1.56. The van der Waals surface area contributed by atoms with Gasteiger partial charge in [-0.2, -0.15) is 0 Å². The van der Waals surface area contributed by atoms with Gasteiger partial charge in [0.15, 0.2) is 5.82 Å². The topological polar surface area (TPSA) is 75.9 Å². The minimum atomic E-state index is -0.396. The second-order valence-corrected chi connectivity index (χ2v) is 8.41. The van der Waals surface area contributed by atoms with E-state index in [2.05, 4.69) is 20.8 Å². The molecule has 2 heterocycles. The van der Waals surface area contributed by atoms with Crippen LogP contribution < -0.4 is 5.32 Å². The number of amides is 1. The molecule has 3 aromatic carbocycles. The molecule has 1 N–H and O–H groups in total. The van der Waals surface area contributed by atoms with E-state index >= 15 is 4.39 Å². The van der Waals surface area contributed by atoms with Crippen molar-refractivity contribution in [3.63, 3.8) is 0 Å². The number of tetrazole rings is 1. The van der Waals surface area contributed by atoms with Gasteiger partial charge in [-0.15, -0.1) is 5.10 Å². The van der Waals surface area contributed by atoms with Crippen molar-refractivity contribution in [1.29, 1.82) is 0 Å². The molecule has 1 aliphatic heterocycles. The number of carbonyl (C=O) groups is 1. The highest BCUT2D eigenvalue weighted by atomic mass is 19.1. The molecule has 0 atom stereocenters. The van der Waals surface area contributed by atoms with Gasteiger partial charge in [-0.05, 0) is 66.4 Å². The van der Waals surface area contributed by atoms with Crippen LogP contribution >= 0.6 is 0 Å². The minimum absolute atomic E-state index is 0.107. The van der Waals surface area contributed by atoms with Crippen LogP contribution in [0, 0.1) is 12.7 Å². The third kappa shape index (κ3) is 3.82. The molecule has 33 heavy (non-hydrogen) atoms. The molecule has 1 amide bonds. The molecule has 0 spiro atoms. The molecule has 4 aromatic rings. The fraction of sp³-hybridized carbons (Fsp3) is 0.280. The van der Waals surface area contributed by atoms with Crippen LogP contribution in [0.1, 0.15) is 35.2 Å². The van der Waals surface area contributed by atoms with E-state index in [-0.39, 0.29) is 5.91 Å². The Kier molecular flexibility index (Phi) is 5.50. The summed E-state index contributed by atoms with van der Waals surface area (Å²) >= 11 is 0. The zero-order valence-electron chi connectivity index (χ0n) is 18.7. The molecule has 7 nitrogen and oxygen atoms in total. The van der Waals surface area contributed by atoms with Crippen LogP contribution in [0.15, 0.2) is 48.5 Å². The average Bonchev–Trinajstić information content (AvgIpc) is 3.26. The SMILES string of the molecule is Cc1c(Nc2ccc(C(=O)N3CCCCC3)c3c(F)cccc23)cccc1-c1nnnn1C. The van der Waals surface area contributed by atoms with Crippen LogP contribution in [0.4, 0.5) is 15.8 Å². The van der Waals surface area contributed by atoms with Gasteiger partial charge in [-0.1, -0.05) is 24.3 Å². The molecule has 8 heteroatoms. The Bertz CT molecular complexity index is 1340. The van der Waals surface area contributed by atoms with E-state index in [1.807, 2.05) is 42.2 Å². The molecule has 168 valence electrons. The molecule has 0 radical (unpaired) electrons. The molecule has 0 aliphatic carbocycles. The predicted octanol–water partition coefficient (Wildman–Crippen LogP) is 4.85. The molecule has 0 unspecified atom stereocenters. The second-order valence-electron chi connectivity index (χ2n) is 8.41. The number of hydrogen-bond acceptors (Lipinski definition) is 5. The lowest BCUT2D eigenvalue weighted by molar-refractivity contribution is 0.0726. The third-order valence-corrected chi connectivity index (χ3v) is 6.33. The van der Waals surface area contributed by atoms with Gasteiger partial charge < -0.3 is 10.2 Å². The van der Waals surface area contributed by atoms with Crippen molar-refractivity contribution >= 4 is 28.1 Å². The molecular weight excluding hydrogens is 419 g/mol. The summed E-state index contributed by atoms with van der Waals surface area (Å²) in [6.07, 6.45) is 3.11. The van der Waals surface area contributed by atoms with Crippen molar-refractivity contribution in [3.8, 4) is 11.4 Å². The standard InChI is InChI=1S/C25H25FN6O/c1-16-17(24-28-29-30-31(24)2)8-7-11-21(16)27-22-13-12-19(23-18(22)9-6-10-20(23)26)25(33)32-14-4-3-5-15-32/h6-13,27H,3-5,14-15H2,1-2H3. The van der Waals surface area contributed by atoms with Crippen LogP contribution in [0.3, 0.4) is 0 Å². The van der Waals surface area contributed by atoms with Gasteiger partial charge in [0.25, 0.3) is 5.91 Å². The fourth-order valence-electron chi connectivity index (χ4n) is 4.53. The molecular formula is C25H25FN6O. The molecule has 1 aliphatic rings. The number of fused-ring (bicyclic) bond motifs is 1. The summed E-state index contributed by atoms with van der Waals surface area (Å²) in [6.45, 7) is 3.43. The molecule has 1 fully saturated rings. The van der Waals surface area contributed by atoms with Gasteiger partial charge in [0.05, 0.1) is 5.56 Å². The van der Waals surface area contributed by atoms with Gasteiger partial charge in [-0.3, -0.25) is 4.79 Å². The van der Waals surface area contributed by atoms with E-state index in [4.69, 9.17) is 0 Å². The largest absolute Gasteiger partial charge is 0.355 e. The maximum Gasteiger partial charge on any atom is 0.254 e. The van der Waals surface area contributed by atoms with Gasteiger partial charge in [-0.25, -0.2) is 9.07 Å². The zero-order chi connectivity index (χ0) is 22.9. The average molecular weight is 445 g/mol. The number of piperidine rings is 1. The van der Waals surface area contributed by atoms with E-state index < -0.39 is 5.82 Å². The van der Waals surface area contributed by atoms with Gasteiger partial charge in [0.2, 0.25) is 0 Å². The quantitative estimate of drug-likeness (QED) is 0.487. The number of benzene rings is 3. The number of carbonyl (C=O) groups excluding carboxylic acids is 1. The Morgan fingerprint density at radius 1 is 1.00 bits per heavy atom. The molecule has 0 saturated carbocycles. The minimum Gasteiger partial charge on any atom is -0.355 e. The smallest absolute Gasteiger partial charge is 0.254 e. The first-order valence-corrected chi connectivity index (χ1v) is 11.1. The van der Waals surface area contributed by atoms with Crippen LogP contribution in [0.5, 0.6) is 0 Å². The Hall–Kier alpha value is -3.81. The van der Waals surface area contributed by atoms with E-state index in [1.54, 1.807) is 23.9 Å². The molecule has 1 aromatic heterocycles. The van der Waals surface area contributed by atoms with E-state index in [0.29, 0.717) is 22.2 Å². The van der Waals surface area contributed by atoms with Crippen LogP contribution in [-0.4, -0.2) is 44.1 Å². The summed E-state index contributed by atoms with van der Waals surface area (Å²) in [5.41, 5.74) is 3.87. The number of halogens is 1. The summed E-state index contributed by atoms with van der Waals surface area (Å²) in [6, 6.07) is 14.4. The monoisotopic (exact) mass is 444 g/mol. The Morgan fingerprint density at radius 3 is 2.55 bits per heavy atom. The number of likely N-dealkylation sites (tertiary alicyclic amines) is 1. The van der Waals surface area contributed by atoms with Crippen molar-refractivity contribution in [2.75, 3.05) is 18.4 Å². The lowest BCUT2D eigenvalue weighted by atomic mass is 9.99. The van der Waals surface area contributed by atoms with Crippen molar-refractivity contribution in [3.05, 3.63) is 65.5 Å². The number of nitrogens with zero attached hydrogens (tertiary/aromatic N) is 5. The summed E-state index contributed by atoms with van der Waals surface area (Å²) in [7, 11) is 1.79. The summed E-state index contributed by atoms with van der Waals surface area (Å²) in [5, 5.41) is 16.2. The first kappa shape index (κ1) is 21.1. The number of hydrogen-bond donors (Lipinski definition) is 1. The molecule has 5 rings (SSSR count). The van der Waals surface area contributed by atoms with Crippen LogP contribution in [0.25, 0.3) is 22.2 Å². The molecule has 1 saturated heterocycles. The number of anilines is 2. The van der Waals surface area contributed by atoms with Gasteiger partial charge in [0.1, 0.15) is 5.82 Å². The summed E-state index contributed by atoms with van der Waals surface area (Å²) in [5.74, 6) is 0.158. The maximum atomic E-state index is 15.0. The highest BCUT2D eigenvalue weighted by Gasteiger charge is 2.23. The number of nitrogens with one attached hydrogen (secondary N) is 1. The first-order valence-electron chi connectivity index (χ1n) is 11.1. The predicted molar refractivity (Wildman–Crippen MR) is 126 cm³/mol. The maximum absolute atomic E-state index is 15.0. The van der Waals surface area contributed by atoms with Crippen molar-refractivity contribution in [2.24, 2.45) is 7.05 Å². The summed E-state index contributed by atoms with van der Waals surface area (Å²) < 4.78 is 16.7. The highest BCUT2D eigenvalue weighted by molar-refractivity contribution is 6.11. The molecule has 0 bridgehead atoms. The number of aryl methyl sites for hydroxylation is 1. The Labute approximate surface area is 191 Å². The number of rotatable bonds is 4. The lowest BCUT2D eigenvalue weighted by Gasteiger charge is -2.27. The van der Waals surface area contributed by atoms with E-state index in [0.717, 1.165) is 54.9 Å². The fourth-order valence-corrected chi connectivity index (χ4v) is 4.53. The third-order valence-electron chi connectivity index (χ3n) is 6.33. The van der Waals surface area contributed by atoms with Gasteiger partial charge in [0, 0.05) is 47.8 Å². The zero-order valence-corrected chi connectivity index (χ0v) is 18.7. The normalized spacial score (nSPS) is 14.0. The number of aromatic nitrogens is 4. The van der Waals surface area contributed by atoms with E-state index in [9.17, 15) is 4.79 Å². The van der Waals surface area contributed by atoms with E-state index in [1.165, 1.54) is 6.07 Å². The van der Waals surface area contributed by atoms with Crippen molar-refractivity contribution in [1.82, 2.24) is 25.1 Å². The van der Waals surface area contributed by atoms with Crippen molar-refractivity contribution in [2.45, 2.75) is 26.2 Å². The highest BCUT2D eigenvalue weighted by Crippen LogP contribution is 2.34. The Morgan fingerprint density at radius 2 is 1.79 bits per heavy atom. The second kappa shape index (κ2) is 8.61. The first-order chi connectivity index (χ1) is 16.0. The van der Waals surface area contributed by atoms with Crippen molar-refractivity contribution < 1.29 is 9.18 Å². The van der Waals surface area contributed by atoms with Crippen LogP contribution in [0.2, 0.25) is 0 Å².